The highest BCUT2D eigenvalue weighted by atomic mass is 32.2. The molecular formula is C13H13N3O2S. The predicted molar refractivity (Wildman–Crippen MR) is 71.3 cm³/mol. The number of aromatic carboxylic acids is 1. The summed E-state index contributed by atoms with van der Waals surface area (Å²) in [4.78, 5) is 23.7. The molecule has 2 rings (SSSR count). The van der Waals surface area contributed by atoms with Crippen molar-refractivity contribution >= 4 is 17.7 Å². The molecule has 0 atom stereocenters. The lowest BCUT2D eigenvalue weighted by Gasteiger charge is -2.05. The second kappa shape index (κ2) is 6.29. The number of aryl methyl sites for hydroxylation is 1. The van der Waals surface area contributed by atoms with Gasteiger partial charge in [-0.2, -0.15) is 0 Å². The quantitative estimate of drug-likeness (QED) is 0.845. The third kappa shape index (κ3) is 3.75. The molecule has 0 saturated heterocycles. The van der Waals surface area contributed by atoms with Gasteiger partial charge in [-0.25, -0.2) is 19.7 Å². The molecule has 2 aromatic heterocycles. The standard InChI is InChI=1S/C13H13N3O2S/c1-2-4-10-7-9(12(17)18)8-11(16-10)19-13-14-5-3-6-15-13/h3,5-8H,2,4H2,1H3,(H,17,18). The molecular weight excluding hydrogens is 262 g/mol. The van der Waals surface area contributed by atoms with Crippen LogP contribution in [0.4, 0.5) is 0 Å². The van der Waals surface area contributed by atoms with Gasteiger partial charge >= 0.3 is 5.97 Å². The summed E-state index contributed by atoms with van der Waals surface area (Å²) in [7, 11) is 0. The fraction of sp³-hybridized carbons (Fsp3) is 0.231. The maximum absolute atomic E-state index is 11.1. The molecule has 0 bridgehead atoms. The lowest BCUT2D eigenvalue weighted by Crippen LogP contribution is -2.01. The summed E-state index contributed by atoms with van der Waals surface area (Å²) in [6, 6.07) is 4.89. The van der Waals surface area contributed by atoms with Crippen LogP contribution in [0.2, 0.25) is 0 Å². The zero-order chi connectivity index (χ0) is 13.7. The SMILES string of the molecule is CCCc1cc(C(=O)O)cc(Sc2ncccn2)n1. The van der Waals surface area contributed by atoms with Gasteiger partial charge in [0.25, 0.3) is 0 Å². The Kier molecular flexibility index (Phi) is 4.46. The van der Waals surface area contributed by atoms with Crippen LogP contribution < -0.4 is 0 Å². The molecule has 5 nitrogen and oxygen atoms in total. The lowest BCUT2D eigenvalue weighted by molar-refractivity contribution is 0.0696. The first-order chi connectivity index (χ1) is 9.19. The summed E-state index contributed by atoms with van der Waals surface area (Å²) < 4.78 is 0. The molecule has 0 saturated carbocycles. The molecule has 0 fully saturated rings. The molecule has 0 aromatic carbocycles. The largest absolute Gasteiger partial charge is 0.478 e. The highest BCUT2D eigenvalue weighted by molar-refractivity contribution is 7.99. The number of aromatic nitrogens is 3. The van der Waals surface area contributed by atoms with Crippen molar-refractivity contribution in [2.24, 2.45) is 0 Å². The second-order valence-electron chi connectivity index (χ2n) is 3.87. The van der Waals surface area contributed by atoms with Gasteiger partial charge in [0.15, 0.2) is 5.16 Å². The van der Waals surface area contributed by atoms with Gasteiger partial charge in [0.05, 0.1) is 5.56 Å². The average molecular weight is 275 g/mol. The maximum atomic E-state index is 11.1. The van der Waals surface area contributed by atoms with E-state index >= 15 is 0 Å². The number of hydrogen-bond donors (Lipinski definition) is 1. The monoisotopic (exact) mass is 275 g/mol. The van der Waals surface area contributed by atoms with E-state index in [0.717, 1.165) is 18.5 Å². The maximum Gasteiger partial charge on any atom is 0.335 e. The minimum atomic E-state index is -0.949. The Hall–Kier alpha value is -1.95. The number of pyridine rings is 1. The van der Waals surface area contributed by atoms with Crippen LogP contribution in [0.5, 0.6) is 0 Å². The van der Waals surface area contributed by atoms with Gasteiger partial charge < -0.3 is 5.11 Å². The molecule has 0 aliphatic carbocycles. The predicted octanol–water partition coefficient (Wildman–Crippen LogP) is 2.67. The number of hydrogen-bond acceptors (Lipinski definition) is 5. The van der Waals surface area contributed by atoms with Gasteiger partial charge in [0, 0.05) is 18.1 Å². The van der Waals surface area contributed by atoms with Gasteiger partial charge in [-0.3, -0.25) is 0 Å². The van der Waals surface area contributed by atoms with E-state index in [4.69, 9.17) is 5.11 Å². The fourth-order valence-corrected chi connectivity index (χ4v) is 2.31. The van der Waals surface area contributed by atoms with E-state index in [1.165, 1.54) is 11.8 Å². The molecule has 0 aliphatic rings. The first-order valence-electron chi connectivity index (χ1n) is 5.88. The zero-order valence-corrected chi connectivity index (χ0v) is 11.2. The van der Waals surface area contributed by atoms with Gasteiger partial charge in [0.1, 0.15) is 5.03 Å². The number of carbonyl (C=O) groups is 1. The van der Waals surface area contributed by atoms with Crippen LogP contribution in [0.3, 0.4) is 0 Å². The summed E-state index contributed by atoms with van der Waals surface area (Å²) in [6.45, 7) is 2.03. The Morgan fingerprint density at radius 1 is 1.32 bits per heavy atom. The molecule has 0 aliphatic heterocycles. The van der Waals surface area contributed by atoms with Crippen LogP contribution in [-0.2, 0) is 6.42 Å². The Bertz CT molecular complexity index is 575. The summed E-state index contributed by atoms with van der Waals surface area (Å²) in [5.74, 6) is -0.949. The third-order valence-electron chi connectivity index (χ3n) is 2.35. The Labute approximate surface area is 115 Å². The van der Waals surface area contributed by atoms with Crippen molar-refractivity contribution in [2.45, 2.75) is 29.9 Å². The van der Waals surface area contributed by atoms with Crippen molar-refractivity contribution in [3.8, 4) is 0 Å². The normalized spacial score (nSPS) is 10.4. The number of carboxylic acid groups (broad SMARTS) is 1. The van der Waals surface area contributed by atoms with Crippen LogP contribution in [0.1, 0.15) is 29.4 Å². The summed E-state index contributed by atoms with van der Waals surface area (Å²) >= 11 is 1.26. The van der Waals surface area contributed by atoms with Crippen LogP contribution >= 0.6 is 11.8 Å². The van der Waals surface area contributed by atoms with E-state index in [-0.39, 0.29) is 5.56 Å². The fourth-order valence-electron chi connectivity index (χ4n) is 1.55. The van der Waals surface area contributed by atoms with E-state index in [2.05, 4.69) is 15.0 Å². The first kappa shape index (κ1) is 13.5. The summed E-state index contributed by atoms with van der Waals surface area (Å²) in [6.07, 6.45) is 4.96. The minimum Gasteiger partial charge on any atom is -0.478 e. The number of rotatable bonds is 5. The third-order valence-corrected chi connectivity index (χ3v) is 3.16. The van der Waals surface area contributed by atoms with Crippen molar-refractivity contribution in [1.29, 1.82) is 0 Å². The molecule has 0 spiro atoms. The Morgan fingerprint density at radius 3 is 2.68 bits per heavy atom. The van der Waals surface area contributed by atoms with E-state index in [9.17, 15) is 4.79 Å². The minimum absolute atomic E-state index is 0.247. The smallest absolute Gasteiger partial charge is 0.335 e. The van der Waals surface area contributed by atoms with Gasteiger partial charge in [-0.05, 0) is 36.4 Å². The molecule has 0 amide bonds. The first-order valence-corrected chi connectivity index (χ1v) is 6.70. The van der Waals surface area contributed by atoms with Crippen molar-refractivity contribution in [3.63, 3.8) is 0 Å². The second-order valence-corrected chi connectivity index (χ2v) is 4.86. The van der Waals surface area contributed by atoms with E-state index in [0.29, 0.717) is 10.2 Å². The highest BCUT2D eigenvalue weighted by Crippen LogP contribution is 2.24. The summed E-state index contributed by atoms with van der Waals surface area (Å²) in [5, 5.41) is 10.3. The molecule has 0 unspecified atom stereocenters. The highest BCUT2D eigenvalue weighted by Gasteiger charge is 2.10. The van der Waals surface area contributed by atoms with Crippen LogP contribution in [0.15, 0.2) is 40.8 Å². The van der Waals surface area contributed by atoms with E-state index in [1.807, 2.05) is 6.92 Å². The lowest BCUT2D eigenvalue weighted by atomic mass is 10.2. The molecule has 98 valence electrons. The van der Waals surface area contributed by atoms with Crippen LogP contribution in [-0.4, -0.2) is 26.0 Å². The molecule has 2 heterocycles. The average Bonchev–Trinajstić information content (AvgIpc) is 2.40. The van der Waals surface area contributed by atoms with Crippen molar-refractivity contribution in [3.05, 3.63) is 41.9 Å². The molecule has 19 heavy (non-hydrogen) atoms. The number of nitrogens with zero attached hydrogens (tertiary/aromatic N) is 3. The topological polar surface area (TPSA) is 76.0 Å². The Balaban J connectivity index is 2.31. The summed E-state index contributed by atoms with van der Waals surface area (Å²) in [5.41, 5.74) is 1.03. The number of carboxylic acids is 1. The van der Waals surface area contributed by atoms with Gasteiger partial charge in [-0.1, -0.05) is 13.3 Å². The molecule has 0 radical (unpaired) electrons. The van der Waals surface area contributed by atoms with Crippen LogP contribution in [0, 0.1) is 0 Å². The van der Waals surface area contributed by atoms with Crippen LogP contribution in [0.25, 0.3) is 0 Å². The molecule has 1 N–H and O–H groups in total. The van der Waals surface area contributed by atoms with E-state index < -0.39 is 5.97 Å². The Morgan fingerprint density at radius 2 is 2.05 bits per heavy atom. The zero-order valence-electron chi connectivity index (χ0n) is 10.4. The van der Waals surface area contributed by atoms with E-state index in [1.54, 1.807) is 30.6 Å². The van der Waals surface area contributed by atoms with Crippen molar-refractivity contribution < 1.29 is 9.90 Å². The van der Waals surface area contributed by atoms with Gasteiger partial charge in [-0.15, -0.1) is 0 Å². The molecule has 2 aromatic rings. The molecule has 6 heteroatoms. The van der Waals surface area contributed by atoms with Crippen molar-refractivity contribution in [1.82, 2.24) is 15.0 Å². The van der Waals surface area contributed by atoms with Crippen molar-refractivity contribution in [2.75, 3.05) is 0 Å². The van der Waals surface area contributed by atoms with Gasteiger partial charge in [0.2, 0.25) is 0 Å².